The molecular weight excluding hydrogens is 448 g/mol. The number of hydrogen-bond donors (Lipinski definition) is 5. The van der Waals surface area contributed by atoms with E-state index in [1.54, 1.807) is 12.1 Å². The van der Waals surface area contributed by atoms with Crippen molar-refractivity contribution in [2.45, 2.75) is 90.5 Å². The molecule has 1 aromatic rings. The van der Waals surface area contributed by atoms with E-state index in [4.69, 9.17) is 15.9 Å². The Morgan fingerprint density at radius 1 is 1.11 bits per heavy atom. The Morgan fingerprint density at radius 3 is 2.51 bits per heavy atom. The second-order valence-electron chi connectivity index (χ2n) is 9.42. The lowest BCUT2D eigenvalue weighted by Gasteiger charge is -2.40. The highest BCUT2D eigenvalue weighted by Crippen LogP contribution is 2.35. The van der Waals surface area contributed by atoms with E-state index in [1.165, 1.54) is 11.1 Å². The van der Waals surface area contributed by atoms with Gasteiger partial charge in [0.05, 0.1) is 18.6 Å². The number of ether oxygens (including phenoxy) is 2. The van der Waals surface area contributed by atoms with Gasteiger partial charge >= 0.3 is 0 Å². The van der Waals surface area contributed by atoms with Gasteiger partial charge in [-0.05, 0) is 77.0 Å². The van der Waals surface area contributed by atoms with Crippen LogP contribution in [0.3, 0.4) is 0 Å². The summed E-state index contributed by atoms with van der Waals surface area (Å²) in [7, 11) is 0. The molecule has 0 spiro atoms. The minimum Gasteiger partial charge on any atom is -0.508 e. The number of benzene rings is 1. The van der Waals surface area contributed by atoms with E-state index >= 15 is 0 Å². The van der Waals surface area contributed by atoms with E-state index in [0.717, 1.165) is 31.2 Å². The number of aliphatic hydroxyl groups excluding tert-OH is 4. The van der Waals surface area contributed by atoms with Crippen molar-refractivity contribution in [3.8, 4) is 23.8 Å². The molecule has 1 aromatic carbocycles. The Labute approximate surface area is 208 Å². The monoisotopic (exact) mass is 488 g/mol. The molecule has 1 heterocycles. The number of rotatable bonds is 12. The molecule has 2 rings (SSSR count). The van der Waals surface area contributed by atoms with Gasteiger partial charge in [0.25, 0.3) is 0 Å². The first kappa shape index (κ1) is 28.9. The van der Waals surface area contributed by atoms with Gasteiger partial charge in [-0.2, -0.15) is 0 Å². The highest BCUT2D eigenvalue weighted by atomic mass is 16.7. The average molecular weight is 489 g/mol. The predicted octanol–water partition coefficient (Wildman–Crippen LogP) is 3.36. The van der Waals surface area contributed by atoms with Crippen LogP contribution in [0.15, 0.2) is 35.4 Å². The molecule has 1 aliphatic heterocycles. The fraction of sp³-hybridized carbons (Fsp3) is 0.571. The van der Waals surface area contributed by atoms with Crippen molar-refractivity contribution < 1.29 is 35.0 Å². The van der Waals surface area contributed by atoms with Gasteiger partial charge in [0.1, 0.15) is 17.6 Å². The van der Waals surface area contributed by atoms with Gasteiger partial charge in [-0.1, -0.05) is 23.3 Å². The summed E-state index contributed by atoms with van der Waals surface area (Å²) < 4.78 is 11.4. The summed E-state index contributed by atoms with van der Waals surface area (Å²) in [6, 6.07) is 3.52. The topological polar surface area (TPSA) is 120 Å². The van der Waals surface area contributed by atoms with Crippen LogP contribution in [0.1, 0.15) is 64.0 Å². The van der Waals surface area contributed by atoms with E-state index in [9.17, 15) is 25.5 Å². The summed E-state index contributed by atoms with van der Waals surface area (Å²) in [5.74, 6) is 2.04. The molecule has 1 fully saturated rings. The Morgan fingerprint density at radius 2 is 1.86 bits per heavy atom. The zero-order chi connectivity index (χ0) is 26.0. The maximum Gasteiger partial charge on any atom is 0.210 e. The standard InChI is InChI=1S/C28H40O7/c1-5-6-7-8-12-20-15-23(30)21(14-13-19(4)11-9-10-18(2)3)24(16-20)34-28-22(17-29)25(31)26(32)27(33)35-28/h1,10,13,15-16,22,25-33H,6-9,11-12,14,17H2,2-4H3/b19-13+/t22-,25-,26+,27+,28?/m1/s1. The Balaban J connectivity index is 2.30. The van der Waals surface area contributed by atoms with E-state index in [-0.39, 0.29) is 5.75 Å². The number of phenolic OH excluding ortho intramolecular Hbond substituents is 1. The second-order valence-corrected chi connectivity index (χ2v) is 9.42. The predicted molar refractivity (Wildman–Crippen MR) is 135 cm³/mol. The molecule has 35 heavy (non-hydrogen) atoms. The van der Waals surface area contributed by atoms with Crippen molar-refractivity contribution >= 4 is 0 Å². The van der Waals surface area contributed by atoms with Crippen LogP contribution in [0.25, 0.3) is 0 Å². The molecule has 0 bridgehead atoms. The lowest BCUT2D eigenvalue weighted by molar-refractivity contribution is -0.312. The Hall–Kier alpha value is -2.34. The van der Waals surface area contributed by atoms with Gasteiger partial charge in [-0.25, -0.2) is 0 Å². The molecule has 194 valence electrons. The highest BCUT2D eigenvalue weighted by Gasteiger charge is 2.45. The lowest BCUT2D eigenvalue weighted by Crippen LogP contribution is -2.57. The van der Waals surface area contributed by atoms with Crippen molar-refractivity contribution in [1.82, 2.24) is 0 Å². The molecular formula is C28H40O7. The van der Waals surface area contributed by atoms with Crippen molar-refractivity contribution in [1.29, 1.82) is 0 Å². The quantitative estimate of drug-likeness (QED) is 0.174. The lowest BCUT2D eigenvalue weighted by atomic mass is 9.94. The summed E-state index contributed by atoms with van der Waals surface area (Å²) in [4.78, 5) is 0. The van der Waals surface area contributed by atoms with Gasteiger partial charge in [0, 0.05) is 12.0 Å². The molecule has 1 saturated heterocycles. The largest absolute Gasteiger partial charge is 0.508 e. The number of hydrogen-bond acceptors (Lipinski definition) is 7. The fourth-order valence-corrected chi connectivity index (χ4v) is 4.00. The van der Waals surface area contributed by atoms with Crippen LogP contribution in [0.4, 0.5) is 0 Å². The second kappa shape index (κ2) is 14.3. The van der Waals surface area contributed by atoms with E-state index < -0.39 is 37.3 Å². The Bertz CT molecular complexity index is 911. The van der Waals surface area contributed by atoms with Gasteiger partial charge in [0.15, 0.2) is 6.29 Å². The SMILES string of the molecule is C#CCCCCc1cc(O)c(C/C=C(\C)CCC=C(C)C)c(OC2O[C@H](O)[C@@H](O)[C@H](O)[C@H]2CO)c1. The molecule has 0 aromatic heterocycles. The summed E-state index contributed by atoms with van der Waals surface area (Å²) in [6.07, 6.45) is 8.95. The molecule has 5 N–H and O–H groups in total. The maximum absolute atomic E-state index is 10.9. The van der Waals surface area contributed by atoms with Crippen molar-refractivity contribution in [3.63, 3.8) is 0 Å². The number of phenols is 1. The molecule has 1 aliphatic rings. The van der Waals surface area contributed by atoms with E-state index in [1.807, 2.05) is 13.0 Å². The summed E-state index contributed by atoms with van der Waals surface area (Å²) >= 11 is 0. The van der Waals surface area contributed by atoms with Gasteiger partial charge in [-0.15, -0.1) is 12.3 Å². The van der Waals surface area contributed by atoms with Crippen LogP contribution < -0.4 is 4.74 Å². The number of aliphatic hydroxyl groups is 4. The number of terminal acetylenes is 1. The molecule has 7 heteroatoms. The number of allylic oxidation sites excluding steroid dienone is 4. The molecule has 1 unspecified atom stereocenters. The minimum absolute atomic E-state index is 0.0697. The van der Waals surface area contributed by atoms with E-state index in [2.05, 4.69) is 25.8 Å². The maximum atomic E-state index is 10.9. The average Bonchev–Trinajstić information content (AvgIpc) is 2.80. The summed E-state index contributed by atoms with van der Waals surface area (Å²) in [5.41, 5.74) is 3.82. The van der Waals surface area contributed by atoms with E-state index in [0.29, 0.717) is 30.6 Å². The van der Waals surface area contributed by atoms with Crippen molar-refractivity contribution in [2.24, 2.45) is 5.92 Å². The van der Waals surface area contributed by atoms with Crippen LogP contribution in [0, 0.1) is 18.3 Å². The number of unbranched alkanes of at least 4 members (excludes halogenated alkanes) is 2. The van der Waals surface area contributed by atoms with Crippen LogP contribution in [-0.2, 0) is 17.6 Å². The molecule has 0 saturated carbocycles. The van der Waals surface area contributed by atoms with Crippen molar-refractivity contribution in [3.05, 3.63) is 46.6 Å². The zero-order valence-electron chi connectivity index (χ0n) is 21.0. The van der Waals surface area contributed by atoms with Gasteiger partial charge in [0.2, 0.25) is 6.29 Å². The van der Waals surface area contributed by atoms with Crippen LogP contribution in [0.5, 0.6) is 11.5 Å². The summed E-state index contributed by atoms with van der Waals surface area (Å²) in [6.45, 7) is 5.64. The molecule has 7 nitrogen and oxygen atoms in total. The molecule has 0 radical (unpaired) electrons. The normalized spacial score (nSPS) is 24.6. The molecule has 5 atom stereocenters. The minimum atomic E-state index is -1.67. The highest BCUT2D eigenvalue weighted by molar-refractivity contribution is 5.48. The van der Waals surface area contributed by atoms with Crippen LogP contribution in [0.2, 0.25) is 0 Å². The van der Waals surface area contributed by atoms with Gasteiger partial charge < -0.3 is 35.0 Å². The fourth-order valence-electron chi connectivity index (χ4n) is 4.00. The number of aromatic hydroxyl groups is 1. The summed E-state index contributed by atoms with van der Waals surface area (Å²) in [5, 5.41) is 50.8. The van der Waals surface area contributed by atoms with Crippen LogP contribution >= 0.6 is 0 Å². The third kappa shape index (κ3) is 8.68. The van der Waals surface area contributed by atoms with Gasteiger partial charge in [-0.3, -0.25) is 0 Å². The first-order valence-corrected chi connectivity index (χ1v) is 12.2. The van der Waals surface area contributed by atoms with Crippen molar-refractivity contribution in [2.75, 3.05) is 6.61 Å². The third-order valence-corrected chi connectivity index (χ3v) is 6.19. The third-order valence-electron chi connectivity index (χ3n) is 6.19. The molecule has 0 amide bonds. The first-order chi connectivity index (χ1) is 16.7. The van der Waals surface area contributed by atoms with Crippen LogP contribution in [-0.4, -0.2) is 56.9 Å². The zero-order valence-corrected chi connectivity index (χ0v) is 21.0. The molecule has 0 aliphatic carbocycles. The Kier molecular flexibility index (Phi) is 11.8. The smallest absolute Gasteiger partial charge is 0.210 e. The number of aryl methyl sites for hydroxylation is 1. The first-order valence-electron chi connectivity index (χ1n) is 12.2.